The van der Waals surface area contributed by atoms with Crippen molar-refractivity contribution >= 4 is 39.8 Å². The van der Waals surface area contributed by atoms with Gasteiger partial charge in [-0.1, -0.05) is 25.3 Å². The first-order valence-corrected chi connectivity index (χ1v) is 14.3. The highest BCUT2D eigenvalue weighted by atomic mass is 35.5. The van der Waals surface area contributed by atoms with Gasteiger partial charge in [0.2, 0.25) is 0 Å². The number of nitrogens with zero attached hydrogens (tertiary/aromatic N) is 4. The molecule has 0 amide bonds. The Morgan fingerprint density at radius 3 is 2.62 bits per heavy atom. The molecule has 3 aliphatic rings. The van der Waals surface area contributed by atoms with Gasteiger partial charge in [-0.25, -0.2) is 32.2 Å². The van der Waals surface area contributed by atoms with E-state index < -0.39 is 35.6 Å². The summed E-state index contributed by atoms with van der Waals surface area (Å²) in [6.07, 6.45) is 5.62. The lowest BCUT2D eigenvalue weighted by Gasteiger charge is -2.20. The normalized spacial score (nSPS) is 25.9. The summed E-state index contributed by atoms with van der Waals surface area (Å²) in [6.45, 7) is 0. The van der Waals surface area contributed by atoms with Crippen LogP contribution in [0.15, 0.2) is 59.6 Å². The Morgan fingerprint density at radius 1 is 1.05 bits per heavy atom. The van der Waals surface area contributed by atoms with E-state index in [1.807, 2.05) is 0 Å². The minimum atomic E-state index is -2.60. The molecule has 7 nitrogen and oxygen atoms in total. The first-order chi connectivity index (χ1) is 20.2. The Bertz CT molecular complexity index is 1530. The third-order valence-electron chi connectivity index (χ3n) is 7.80. The lowest BCUT2D eigenvalue weighted by molar-refractivity contribution is -0.120. The SMILES string of the molecule is Nc1ncnc2c1c(C1=CCC=C(OC3=C(F)C(F)=CC(F)C3F)C=C1F)nn2[C@H]1CCCCCC(C(=O)CCl)CC1. The zero-order valence-electron chi connectivity index (χ0n) is 22.5. The lowest BCUT2D eigenvalue weighted by Crippen LogP contribution is -2.24. The van der Waals surface area contributed by atoms with Crippen molar-refractivity contribution in [2.24, 2.45) is 5.92 Å². The van der Waals surface area contributed by atoms with Crippen molar-refractivity contribution in [1.82, 2.24) is 19.7 Å². The number of hydrogen-bond donors (Lipinski definition) is 1. The van der Waals surface area contributed by atoms with Crippen molar-refractivity contribution in [3.8, 4) is 0 Å². The molecule has 1 saturated carbocycles. The molecule has 2 aromatic rings. The predicted octanol–water partition coefficient (Wildman–Crippen LogP) is 7.38. The summed E-state index contributed by atoms with van der Waals surface area (Å²) in [5.41, 5.74) is 6.79. The highest BCUT2D eigenvalue weighted by Gasteiger charge is 2.36. The Balaban J connectivity index is 1.48. The van der Waals surface area contributed by atoms with Crippen molar-refractivity contribution < 1.29 is 31.5 Å². The molecule has 2 heterocycles. The molecule has 0 aromatic carbocycles. The zero-order chi connectivity index (χ0) is 30.0. The van der Waals surface area contributed by atoms with E-state index in [1.165, 1.54) is 18.5 Å². The predicted molar refractivity (Wildman–Crippen MR) is 148 cm³/mol. The van der Waals surface area contributed by atoms with Crippen LogP contribution < -0.4 is 5.73 Å². The number of ketones is 1. The van der Waals surface area contributed by atoms with Crippen LogP contribution in [-0.4, -0.2) is 43.8 Å². The molecular weight excluding hydrogens is 581 g/mol. The number of allylic oxidation sites excluding steroid dienone is 9. The molecule has 4 atom stereocenters. The number of anilines is 1. The number of aromatic nitrogens is 4. The fourth-order valence-electron chi connectivity index (χ4n) is 5.59. The van der Waals surface area contributed by atoms with E-state index >= 15 is 4.39 Å². The maximum Gasteiger partial charge on any atom is 0.199 e. The Hall–Kier alpha value is -3.54. The van der Waals surface area contributed by atoms with E-state index in [2.05, 4.69) is 9.97 Å². The molecule has 3 unspecified atom stereocenters. The number of ether oxygens (including phenoxy) is 1. The van der Waals surface area contributed by atoms with E-state index in [0.29, 0.717) is 23.9 Å². The molecule has 0 saturated heterocycles. The highest BCUT2D eigenvalue weighted by Crippen LogP contribution is 2.39. The van der Waals surface area contributed by atoms with Crippen LogP contribution in [0.1, 0.15) is 63.1 Å². The summed E-state index contributed by atoms with van der Waals surface area (Å²) >= 11 is 5.84. The Kier molecular flexibility index (Phi) is 9.10. The lowest BCUT2D eigenvalue weighted by atomic mass is 9.92. The van der Waals surface area contributed by atoms with Crippen molar-refractivity contribution in [1.29, 1.82) is 0 Å². The van der Waals surface area contributed by atoms with E-state index in [4.69, 9.17) is 27.2 Å². The van der Waals surface area contributed by atoms with Gasteiger partial charge in [0, 0.05) is 17.6 Å². The third-order valence-corrected chi connectivity index (χ3v) is 8.06. The quantitative estimate of drug-likeness (QED) is 0.271. The van der Waals surface area contributed by atoms with Crippen molar-refractivity contribution in [3.05, 3.63) is 65.3 Å². The third kappa shape index (κ3) is 5.99. The number of fused-ring (bicyclic) bond motifs is 1. The second-order valence-electron chi connectivity index (χ2n) is 10.5. The van der Waals surface area contributed by atoms with Gasteiger partial charge in [-0.15, -0.1) is 11.6 Å². The molecule has 2 N–H and O–H groups in total. The minimum Gasteiger partial charge on any atom is -0.456 e. The summed E-state index contributed by atoms with van der Waals surface area (Å²) in [5, 5.41) is 5.06. The Labute approximate surface area is 243 Å². The van der Waals surface area contributed by atoms with Crippen molar-refractivity contribution in [3.63, 3.8) is 0 Å². The number of hydrogen-bond acceptors (Lipinski definition) is 6. The van der Waals surface area contributed by atoms with Gasteiger partial charge in [0.25, 0.3) is 0 Å². The van der Waals surface area contributed by atoms with E-state index in [9.17, 15) is 22.4 Å². The first-order valence-electron chi connectivity index (χ1n) is 13.8. The molecule has 5 rings (SSSR count). The molecule has 0 spiro atoms. The second-order valence-corrected chi connectivity index (χ2v) is 10.8. The molecule has 42 heavy (non-hydrogen) atoms. The average molecular weight is 610 g/mol. The number of Topliss-reactive ketones (excluding diaryl/α,β-unsaturated/α-hetero) is 1. The van der Waals surface area contributed by atoms with Crippen LogP contribution in [0, 0.1) is 5.92 Å². The number of carbonyl (C=O) groups excluding carboxylic acids is 1. The van der Waals surface area contributed by atoms with E-state index in [-0.39, 0.29) is 59.0 Å². The van der Waals surface area contributed by atoms with Gasteiger partial charge in [-0.3, -0.25) is 4.79 Å². The van der Waals surface area contributed by atoms with Gasteiger partial charge in [0.15, 0.2) is 41.2 Å². The molecule has 13 heteroatoms. The fourth-order valence-corrected chi connectivity index (χ4v) is 5.80. The van der Waals surface area contributed by atoms with Crippen molar-refractivity contribution in [2.75, 3.05) is 11.6 Å². The Morgan fingerprint density at radius 2 is 1.83 bits per heavy atom. The van der Waals surface area contributed by atoms with Gasteiger partial charge in [-0.2, -0.15) is 9.49 Å². The van der Waals surface area contributed by atoms with Crippen LogP contribution in [0.4, 0.5) is 27.8 Å². The summed E-state index contributed by atoms with van der Waals surface area (Å²) in [6, 6.07) is -0.158. The second kappa shape index (κ2) is 12.8. The number of carbonyl (C=O) groups is 1. The molecule has 3 aliphatic carbocycles. The van der Waals surface area contributed by atoms with Gasteiger partial charge in [0.1, 0.15) is 29.4 Å². The average Bonchev–Trinajstić information content (AvgIpc) is 3.32. The largest absolute Gasteiger partial charge is 0.456 e. The smallest absolute Gasteiger partial charge is 0.199 e. The van der Waals surface area contributed by atoms with Crippen LogP contribution >= 0.6 is 11.6 Å². The van der Waals surface area contributed by atoms with Gasteiger partial charge >= 0.3 is 0 Å². The van der Waals surface area contributed by atoms with Crippen LogP contribution in [0.25, 0.3) is 16.6 Å². The standard InChI is InChI=1S/C29H29ClF5N5O2/c30-13-22(41)15-5-2-1-3-6-16(10-9-15)40-29-23(28(36)37-14-38-29)26(39-40)18-8-4-7-17(11-19(18)31)42-27-24(34)20(32)12-21(33)25(27)35/h7-8,11-12,14-16,20,24H,1-6,9-10,13H2,(H2,36,37,38)/t15?,16-,20?,24?/m0/s1. The summed E-state index contributed by atoms with van der Waals surface area (Å²) in [5.74, 6) is -5.81. The molecule has 0 bridgehead atoms. The first kappa shape index (κ1) is 29.9. The molecule has 0 aliphatic heterocycles. The van der Waals surface area contributed by atoms with Crippen LogP contribution in [0.2, 0.25) is 0 Å². The molecule has 2 aromatic heterocycles. The van der Waals surface area contributed by atoms with Gasteiger partial charge < -0.3 is 10.5 Å². The van der Waals surface area contributed by atoms with Gasteiger partial charge in [-0.05, 0) is 44.3 Å². The molecule has 0 radical (unpaired) electrons. The van der Waals surface area contributed by atoms with Crippen LogP contribution in [0.5, 0.6) is 0 Å². The van der Waals surface area contributed by atoms with E-state index in [1.54, 1.807) is 4.68 Å². The van der Waals surface area contributed by atoms with Crippen molar-refractivity contribution in [2.45, 2.75) is 69.8 Å². The summed E-state index contributed by atoms with van der Waals surface area (Å²) < 4.78 is 78.6. The maximum atomic E-state index is 15.7. The summed E-state index contributed by atoms with van der Waals surface area (Å²) in [7, 11) is 0. The molecule has 224 valence electrons. The zero-order valence-corrected chi connectivity index (χ0v) is 23.3. The number of rotatable bonds is 6. The van der Waals surface area contributed by atoms with Crippen LogP contribution in [-0.2, 0) is 9.53 Å². The van der Waals surface area contributed by atoms with Crippen LogP contribution in [0.3, 0.4) is 0 Å². The summed E-state index contributed by atoms with van der Waals surface area (Å²) in [4.78, 5) is 20.9. The topological polar surface area (TPSA) is 95.9 Å². The number of nitrogen functional groups attached to an aromatic ring is 1. The maximum absolute atomic E-state index is 15.7. The minimum absolute atomic E-state index is 0.0118. The molecular formula is C29H29ClF5N5O2. The highest BCUT2D eigenvalue weighted by molar-refractivity contribution is 6.27. The number of nitrogens with two attached hydrogens (primary N) is 1. The fraction of sp³-hybridized carbons (Fsp3) is 0.448. The van der Waals surface area contributed by atoms with Gasteiger partial charge in [0.05, 0.1) is 17.3 Å². The number of alkyl halides is 3. The van der Waals surface area contributed by atoms with E-state index in [0.717, 1.165) is 38.2 Å². The monoisotopic (exact) mass is 609 g/mol. The molecule has 1 fully saturated rings. The number of halogens is 6.